The smallest absolute Gasteiger partial charge is 0.328 e. The van der Waals surface area contributed by atoms with Gasteiger partial charge in [0.2, 0.25) is 29.5 Å². The van der Waals surface area contributed by atoms with E-state index in [1.165, 1.54) is 0 Å². The molecular formula is C17H28N6O10. The van der Waals surface area contributed by atoms with Gasteiger partial charge < -0.3 is 48.5 Å². The van der Waals surface area contributed by atoms with Crippen LogP contribution in [-0.2, 0) is 33.6 Å². The molecule has 0 aliphatic rings. The van der Waals surface area contributed by atoms with Gasteiger partial charge in [-0.2, -0.15) is 0 Å². The number of aliphatic carboxylic acids is 2. The zero-order valence-electron chi connectivity index (χ0n) is 17.6. The van der Waals surface area contributed by atoms with E-state index < -0.39 is 84.6 Å². The van der Waals surface area contributed by atoms with E-state index in [1.54, 1.807) is 0 Å². The number of carbonyl (C=O) groups is 7. The Morgan fingerprint density at radius 2 is 1.27 bits per heavy atom. The largest absolute Gasteiger partial charge is 0.481 e. The lowest BCUT2D eigenvalue weighted by molar-refractivity contribution is -0.145. The Balaban J connectivity index is 5.51. The van der Waals surface area contributed by atoms with Crippen molar-refractivity contribution in [1.82, 2.24) is 16.0 Å². The van der Waals surface area contributed by atoms with Crippen molar-refractivity contribution in [3.05, 3.63) is 0 Å². The fraction of sp³-hybridized carbons (Fsp3) is 0.588. The molecule has 0 fully saturated rings. The molecule has 5 unspecified atom stereocenters. The highest BCUT2D eigenvalue weighted by molar-refractivity contribution is 5.97. The van der Waals surface area contributed by atoms with Crippen LogP contribution in [0.2, 0.25) is 0 Å². The number of carbonyl (C=O) groups excluding carboxylic acids is 5. The number of aliphatic hydroxyl groups excluding tert-OH is 1. The third kappa shape index (κ3) is 11.4. The number of primary amides is 2. The highest BCUT2D eigenvalue weighted by Gasteiger charge is 2.33. The summed E-state index contributed by atoms with van der Waals surface area (Å²) in [6, 6.07) is -6.62. The van der Waals surface area contributed by atoms with Gasteiger partial charge in [-0.25, -0.2) is 4.79 Å². The van der Waals surface area contributed by atoms with E-state index >= 15 is 0 Å². The highest BCUT2D eigenvalue weighted by atomic mass is 16.4. The molecule has 0 saturated carbocycles. The Bertz CT molecular complexity index is 786. The van der Waals surface area contributed by atoms with E-state index in [1.807, 2.05) is 10.6 Å². The summed E-state index contributed by atoms with van der Waals surface area (Å²) in [6.07, 6.45) is -3.74. The highest BCUT2D eigenvalue weighted by Crippen LogP contribution is 2.02. The zero-order chi connectivity index (χ0) is 25.9. The van der Waals surface area contributed by atoms with E-state index in [2.05, 4.69) is 5.32 Å². The first-order valence-corrected chi connectivity index (χ1v) is 9.51. The van der Waals surface area contributed by atoms with Crippen molar-refractivity contribution in [2.24, 2.45) is 17.2 Å². The fourth-order valence-corrected chi connectivity index (χ4v) is 2.42. The Labute approximate surface area is 187 Å². The van der Waals surface area contributed by atoms with Crippen LogP contribution in [0.3, 0.4) is 0 Å². The molecular weight excluding hydrogens is 448 g/mol. The van der Waals surface area contributed by atoms with Crippen LogP contribution in [0, 0.1) is 0 Å². The number of carboxylic acids is 2. The molecule has 0 rings (SSSR count). The number of aliphatic hydroxyl groups is 1. The molecule has 0 aromatic heterocycles. The van der Waals surface area contributed by atoms with E-state index in [4.69, 9.17) is 27.4 Å². The molecule has 0 spiro atoms. The van der Waals surface area contributed by atoms with Crippen molar-refractivity contribution >= 4 is 41.5 Å². The van der Waals surface area contributed by atoms with Gasteiger partial charge in [0.15, 0.2) is 6.04 Å². The summed E-state index contributed by atoms with van der Waals surface area (Å²) in [5.74, 6) is -8.37. The van der Waals surface area contributed by atoms with Crippen LogP contribution in [0.25, 0.3) is 0 Å². The van der Waals surface area contributed by atoms with Gasteiger partial charge in [-0.05, 0) is 13.3 Å². The molecule has 0 saturated heterocycles. The quantitative estimate of drug-likeness (QED) is 0.108. The van der Waals surface area contributed by atoms with Gasteiger partial charge in [0.25, 0.3) is 0 Å². The second kappa shape index (κ2) is 13.6. The minimum atomic E-state index is -1.79. The molecule has 0 heterocycles. The summed E-state index contributed by atoms with van der Waals surface area (Å²) in [6.45, 7) is 1.07. The Morgan fingerprint density at radius 3 is 1.70 bits per heavy atom. The van der Waals surface area contributed by atoms with Crippen LogP contribution in [0.1, 0.15) is 32.6 Å². The molecule has 0 radical (unpaired) electrons. The van der Waals surface area contributed by atoms with Gasteiger partial charge in [0.1, 0.15) is 12.1 Å². The van der Waals surface area contributed by atoms with Crippen molar-refractivity contribution < 1.29 is 48.9 Å². The van der Waals surface area contributed by atoms with Crippen LogP contribution in [-0.4, -0.2) is 87.1 Å². The second-order valence-electron chi connectivity index (χ2n) is 7.07. The molecule has 12 N–H and O–H groups in total. The van der Waals surface area contributed by atoms with E-state index in [0.717, 1.165) is 6.92 Å². The molecule has 16 heteroatoms. The number of nitrogens with one attached hydrogen (secondary N) is 3. The number of hydrogen-bond donors (Lipinski definition) is 9. The van der Waals surface area contributed by atoms with Gasteiger partial charge >= 0.3 is 11.9 Å². The topological polar surface area (TPSA) is 294 Å². The van der Waals surface area contributed by atoms with Crippen molar-refractivity contribution in [2.45, 2.75) is 62.9 Å². The van der Waals surface area contributed by atoms with Crippen molar-refractivity contribution in [3.8, 4) is 0 Å². The number of nitrogens with two attached hydrogens (primary N) is 3. The summed E-state index contributed by atoms with van der Waals surface area (Å²) in [7, 11) is 0. The van der Waals surface area contributed by atoms with Crippen LogP contribution in [0.15, 0.2) is 0 Å². The van der Waals surface area contributed by atoms with Crippen molar-refractivity contribution in [1.29, 1.82) is 0 Å². The lowest BCUT2D eigenvalue weighted by Crippen LogP contribution is -2.59. The van der Waals surface area contributed by atoms with Crippen LogP contribution in [0.4, 0.5) is 0 Å². The first-order valence-electron chi connectivity index (χ1n) is 9.51. The number of hydrogen-bond acceptors (Lipinski definition) is 9. The summed E-state index contributed by atoms with van der Waals surface area (Å²) in [4.78, 5) is 81.4. The Hall–Kier alpha value is -3.79. The van der Waals surface area contributed by atoms with Gasteiger partial charge in [-0.15, -0.1) is 0 Å². The van der Waals surface area contributed by atoms with Crippen molar-refractivity contribution in [2.75, 3.05) is 0 Å². The number of amides is 5. The average molecular weight is 476 g/mol. The standard InChI is InChI=1S/C17H28N6O10/c1-6(24)13(17(32)33)23-16(31)8(4-11(20)26)22-15(30)9(5-12(27)28)21-14(29)7(18)2-3-10(19)25/h6-9,13,24H,2-5,18H2,1H3,(H2,19,25)(H2,20,26)(H,21,29)(H,22,30)(H,23,31)(H,27,28)(H,32,33). The van der Waals surface area contributed by atoms with Gasteiger partial charge in [0, 0.05) is 6.42 Å². The Morgan fingerprint density at radius 1 is 0.788 bits per heavy atom. The Kier molecular flexibility index (Phi) is 12.0. The van der Waals surface area contributed by atoms with E-state index in [0.29, 0.717) is 0 Å². The SMILES string of the molecule is CC(O)C(NC(=O)C(CC(N)=O)NC(=O)C(CC(=O)O)NC(=O)C(N)CCC(N)=O)C(=O)O. The third-order valence-corrected chi connectivity index (χ3v) is 4.13. The predicted molar refractivity (Wildman–Crippen MR) is 108 cm³/mol. The normalized spacial score (nSPS) is 15.1. The molecule has 0 aromatic rings. The summed E-state index contributed by atoms with van der Waals surface area (Å²) in [5.41, 5.74) is 15.6. The van der Waals surface area contributed by atoms with E-state index in [9.17, 15) is 38.7 Å². The minimum Gasteiger partial charge on any atom is -0.481 e. The summed E-state index contributed by atoms with van der Waals surface area (Å²) < 4.78 is 0. The summed E-state index contributed by atoms with van der Waals surface area (Å²) in [5, 5.41) is 33.5. The molecule has 5 atom stereocenters. The van der Waals surface area contributed by atoms with Crippen LogP contribution in [0.5, 0.6) is 0 Å². The number of carboxylic acid groups (broad SMARTS) is 2. The first-order chi connectivity index (χ1) is 15.1. The van der Waals surface area contributed by atoms with Crippen LogP contribution < -0.4 is 33.2 Å². The molecule has 186 valence electrons. The maximum Gasteiger partial charge on any atom is 0.328 e. The molecule has 0 bridgehead atoms. The van der Waals surface area contributed by atoms with E-state index in [-0.39, 0.29) is 12.8 Å². The lowest BCUT2D eigenvalue weighted by atomic mass is 10.1. The minimum absolute atomic E-state index is 0.189. The molecule has 0 aromatic carbocycles. The van der Waals surface area contributed by atoms with Crippen LogP contribution >= 0.6 is 0 Å². The maximum absolute atomic E-state index is 12.6. The monoisotopic (exact) mass is 476 g/mol. The number of rotatable bonds is 15. The average Bonchev–Trinajstić information content (AvgIpc) is 2.67. The second-order valence-corrected chi connectivity index (χ2v) is 7.07. The van der Waals surface area contributed by atoms with Gasteiger partial charge in [-0.1, -0.05) is 0 Å². The van der Waals surface area contributed by atoms with Crippen molar-refractivity contribution in [3.63, 3.8) is 0 Å². The van der Waals surface area contributed by atoms with Gasteiger partial charge in [-0.3, -0.25) is 28.8 Å². The molecule has 5 amide bonds. The third-order valence-electron chi connectivity index (χ3n) is 4.13. The molecule has 16 nitrogen and oxygen atoms in total. The summed E-state index contributed by atoms with van der Waals surface area (Å²) >= 11 is 0. The predicted octanol–water partition coefficient (Wildman–Crippen LogP) is -5.15. The first kappa shape index (κ1) is 29.2. The van der Waals surface area contributed by atoms with Gasteiger partial charge in [0.05, 0.1) is 25.0 Å². The molecule has 0 aliphatic carbocycles. The molecule has 0 aliphatic heterocycles. The maximum atomic E-state index is 12.6. The molecule has 33 heavy (non-hydrogen) atoms. The lowest BCUT2D eigenvalue weighted by Gasteiger charge is -2.24. The fourth-order valence-electron chi connectivity index (χ4n) is 2.42. The zero-order valence-corrected chi connectivity index (χ0v) is 17.6.